The lowest BCUT2D eigenvalue weighted by atomic mass is 9.97. The number of methoxy groups -OCH3 is 1. The minimum atomic E-state index is -0.510. The summed E-state index contributed by atoms with van der Waals surface area (Å²) in [5.41, 5.74) is 6.29. The van der Waals surface area contributed by atoms with E-state index in [2.05, 4.69) is 39.1 Å². The van der Waals surface area contributed by atoms with E-state index in [1.54, 1.807) is 12.0 Å². The summed E-state index contributed by atoms with van der Waals surface area (Å²) < 4.78 is 16.4. The predicted molar refractivity (Wildman–Crippen MR) is 164 cm³/mol. The molecule has 6 rings (SSSR count). The molecule has 1 amide bonds. The first-order chi connectivity index (χ1) is 20.7. The second-order valence-electron chi connectivity index (χ2n) is 11.9. The van der Waals surface area contributed by atoms with Crippen LogP contribution in [0.1, 0.15) is 57.0 Å². The van der Waals surface area contributed by atoms with Gasteiger partial charge >= 0.3 is 6.09 Å². The van der Waals surface area contributed by atoms with E-state index in [1.807, 2.05) is 57.4 Å². The van der Waals surface area contributed by atoms with Gasteiger partial charge in [0.25, 0.3) is 0 Å². The molecular weight excluding hydrogens is 546 g/mol. The highest BCUT2D eigenvalue weighted by atomic mass is 16.7. The molecule has 0 bridgehead atoms. The first-order valence-electron chi connectivity index (χ1n) is 14.6. The monoisotopic (exact) mass is 583 g/mol. The van der Waals surface area contributed by atoms with Crippen molar-refractivity contribution in [2.45, 2.75) is 52.2 Å². The van der Waals surface area contributed by atoms with Crippen molar-refractivity contribution in [1.82, 2.24) is 30.0 Å². The van der Waals surface area contributed by atoms with E-state index in [-0.39, 0.29) is 18.9 Å². The number of hydrogen-bond acceptors (Lipinski definition) is 9. The SMILES string of the molecule is COCOc1ccccc1-c1cc2c3c([nH]c2nn1)CCN(c1ncc(C2=CCN(C(=O)OC(C)(C)C)CC2)cn1)C3C. The Hall–Kier alpha value is -4.51. The summed E-state index contributed by atoms with van der Waals surface area (Å²) >= 11 is 0. The van der Waals surface area contributed by atoms with Gasteiger partial charge in [0.15, 0.2) is 12.4 Å². The molecule has 1 atom stereocenters. The second-order valence-corrected chi connectivity index (χ2v) is 11.9. The number of carbonyl (C=O) groups is 1. The molecule has 3 aromatic heterocycles. The summed E-state index contributed by atoms with van der Waals surface area (Å²) in [6.07, 6.45) is 7.08. The Kier molecular flexibility index (Phi) is 7.74. The number of ether oxygens (including phenoxy) is 3. The lowest BCUT2D eigenvalue weighted by Gasteiger charge is -2.34. The van der Waals surface area contributed by atoms with E-state index in [9.17, 15) is 4.79 Å². The van der Waals surface area contributed by atoms with Crippen molar-refractivity contribution in [2.24, 2.45) is 0 Å². The van der Waals surface area contributed by atoms with Crippen LogP contribution < -0.4 is 9.64 Å². The molecule has 11 nitrogen and oxygen atoms in total. The van der Waals surface area contributed by atoms with Crippen LogP contribution >= 0.6 is 0 Å². The third-order valence-electron chi connectivity index (χ3n) is 7.79. The molecule has 43 heavy (non-hydrogen) atoms. The van der Waals surface area contributed by atoms with E-state index >= 15 is 0 Å². The van der Waals surface area contributed by atoms with Crippen LogP contribution in [-0.2, 0) is 15.9 Å². The normalized spacial score (nSPS) is 17.0. The highest BCUT2D eigenvalue weighted by Gasteiger charge is 2.30. The lowest BCUT2D eigenvalue weighted by molar-refractivity contribution is 0.0270. The third kappa shape index (κ3) is 5.90. The number of amides is 1. The maximum atomic E-state index is 12.4. The number of para-hydroxylation sites is 1. The number of fused-ring (bicyclic) bond motifs is 3. The minimum Gasteiger partial charge on any atom is -0.467 e. The van der Waals surface area contributed by atoms with Crippen molar-refractivity contribution in [1.29, 1.82) is 0 Å². The number of aromatic amines is 1. The standard InChI is InChI=1S/C32H37N7O4/c1-20-28-24-16-26(23-8-6-7-9-27(23)42-19-41-5)36-37-29(24)35-25(28)12-15-39(20)30-33-17-22(18-34-30)21-10-13-38(14-11-21)31(40)43-32(2,3)4/h6-10,16-18,20H,11-15,19H2,1-5H3,(H,35,37). The van der Waals surface area contributed by atoms with Gasteiger partial charge in [-0.05, 0) is 57.9 Å². The zero-order valence-electron chi connectivity index (χ0n) is 25.3. The summed E-state index contributed by atoms with van der Waals surface area (Å²) in [4.78, 5) is 29.4. The molecule has 224 valence electrons. The van der Waals surface area contributed by atoms with Gasteiger partial charge < -0.3 is 29.0 Å². The molecule has 2 aliphatic rings. The molecule has 0 fully saturated rings. The fourth-order valence-corrected chi connectivity index (χ4v) is 5.71. The van der Waals surface area contributed by atoms with Crippen molar-refractivity contribution in [3.8, 4) is 17.0 Å². The number of H-pyrrole nitrogens is 1. The molecule has 0 aliphatic carbocycles. The average molecular weight is 584 g/mol. The maximum absolute atomic E-state index is 12.4. The van der Waals surface area contributed by atoms with Gasteiger partial charge in [-0.25, -0.2) is 14.8 Å². The van der Waals surface area contributed by atoms with Crippen LogP contribution in [0.5, 0.6) is 5.75 Å². The van der Waals surface area contributed by atoms with Crippen molar-refractivity contribution < 1.29 is 19.0 Å². The zero-order valence-corrected chi connectivity index (χ0v) is 25.3. The number of hydrogen-bond donors (Lipinski definition) is 1. The van der Waals surface area contributed by atoms with Gasteiger partial charge in [-0.3, -0.25) is 0 Å². The largest absolute Gasteiger partial charge is 0.467 e. The van der Waals surface area contributed by atoms with Crippen LogP contribution in [0.2, 0.25) is 0 Å². The predicted octanol–water partition coefficient (Wildman–Crippen LogP) is 5.55. The van der Waals surface area contributed by atoms with Gasteiger partial charge in [0, 0.05) is 73.3 Å². The molecule has 0 spiro atoms. The van der Waals surface area contributed by atoms with Crippen molar-refractivity contribution in [3.63, 3.8) is 0 Å². The van der Waals surface area contributed by atoms with Crippen molar-refractivity contribution in [2.75, 3.05) is 38.4 Å². The molecule has 0 saturated carbocycles. The number of nitrogens with zero attached hydrogens (tertiary/aromatic N) is 6. The Morgan fingerprint density at radius 1 is 1.09 bits per heavy atom. The fourth-order valence-electron chi connectivity index (χ4n) is 5.71. The van der Waals surface area contributed by atoms with Crippen LogP contribution in [0, 0.1) is 0 Å². The summed E-state index contributed by atoms with van der Waals surface area (Å²) in [6.45, 7) is 9.85. The first-order valence-corrected chi connectivity index (χ1v) is 14.6. The summed E-state index contributed by atoms with van der Waals surface area (Å²) in [7, 11) is 1.60. The number of anilines is 1. The van der Waals surface area contributed by atoms with Gasteiger partial charge in [0.2, 0.25) is 5.95 Å². The minimum absolute atomic E-state index is 0.0247. The summed E-state index contributed by atoms with van der Waals surface area (Å²) in [6, 6.07) is 9.86. The third-order valence-corrected chi connectivity index (χ3v) is 7.79. The second kappa shape index (κ2) is 11.6. The maximum Gasteiger partial charge on any atom is 0.410 e. The topological polar surface area (TPSA) is 119 Å². The first kappa shape index (κ1) is 28.6. The van der Waals surface area contributed by atoms with Crippen LogP contribution in [-0.4, -0.2) is 75.3 Å². The van der Waals surface area contributed by atoms with Crippen LogP contribution in [0.15, 0.2) is 48.8 Å². The average Bonchev–Trinajstić information content (AvgIpc) is 3.38. The fraction of sp³-hybridized carbons (Fsp3) is 0.406. The van der Waals surface area contributed by atoms with E-state index < -0.39 is 5.60 Å². The number of aromatic nitrogens is 5. The smallest absolute Gasteiger partial charge is 0.410 e. The molecule has 1 N–H and O–H groups in total. The quantitative estimate of drug-likeness (QED) is 0.292. The van der Waals surface area contributed by atoms with Gasteiger partial charge in [-0.2, -0.15) is 0 Å². The van der Waals surface area contributed by atoms with E-state index in [1.165, 1.54) is 5.56 Å². The molecule has 1 unspecified atom stereocenters. The van der Waals surface area contributed by atoms with Gasteiger partial charge in [0.1, 0.15) is 11.4 Å². The van der Waals surface area contributed by atoms with Crippen molar-refractivity contribution in [3.05, 3.63) is 65.6 Å². The molecular formula is C32H37N7O4. The molecule has 0 radical (unpaired) electrons. The molecule has 11 heteroatoms. The van der Waals surface area contributed by atoms with Gasteiger partial charge in [-0.15, -0.1) is 10.2 Å². The van der Waals surface area contributed by atoms with Gasteiger partial charge in [-0.1, -0.05) is 18.2 Å². The number of nitrogens with one attached hydrogen (secondary N) is 1. The van der Waals surface area contributed by atoms with Crippen LogP contribution in [0.3, 0.4) is 0 Å². The van der Waals surface area contributed by atoms with Crippen LogP contribution in [0.4, 0.5) is 10.7 Å². The van der Waals surface area contributed by atoms with E-state index in [4.69, 9.17) is 24.2 Å². The number of benzene rings is 1. The van der Waals surface area contributed by atoms with E-state index in [0.29, 0.717) is 24.8 Å². The lowest BCUT2D eigenvalue weighted by Crippen LogP contribution is -2.39. The van der Waals surface area contributed by atoms with Crippen molar-refractivity contribution >= 4 is 28.6 Å². The van der Waals surface area contributed by atoms with E-state index in [0.717, 1.165) is 58.5 Å². The molecule has 0 saturated heterocycles. The summed E-state index contributed by atoms with van der Waals surface area (Å²) in [5.74, 6) is 1.37. The number of rotatable bonds is 6. The molecule has 1 aromatic carbocycles. The molecule has 4 aromatic rings. The molecule has 5 heterocycles. The Balaban J connectivity index is 1.21. The van der Waals surface area contributed by atoms with Crippen LogP contribution in [0.25, 0.3) is 27.9 Å². The Morgan fingerprint density at radius 3 is 2.60 bits per heavy atom. The Morgan fingerprint density at radius 2 is 1.88 bits per heavy atom. The zero-order chi connectivity index (χ0) is 30.1. The highest BCUT2D eigenvalue weighted by Crippen LogP contribution is 2.38. The Bertz CT molecular complexity index is 1660. The van der Waals surface area contributed by atoms with Gasteiger partial charge in [0.05, 0.1) is 11.7 Å². The highest BCUT2D eigenvalue weighted by molar-refractivity contribution is 5.86. The molecule has 2 aliphatic heterocycles. The number of carbonyl (C=O) groups excluding carboxylic acids is 1. The summed E-state index contributed by atoms with van der Waals surface area (Å²) in [5, 5.41) is 10.1. The Labute approximate surface area is 250 Å².